The van der Waals surface area contributed by atoms with E-state index in [0.717, 1.165) is 65.3 Å². The van der Waals surface area contributed by atoms with E-state index in [9.17, 15) is 10.1 Å². The van der Waals surface area contributed by atoms with Gasteiger partial charge in [-0.15, -0.1) is 0 Å². The minimum absolute atomic E-state index is 0.224. The molecule has 43 heavy (non-hydrogen) atoms. The maximum atomic E-state index is 13.1. The number of fused-ring (bicyclic) bond motifs is 1. The van der Waals surface area contributed by atoms with Crippen LogP contribution in [0.25, 0.3) is 5.65 Å². The number of benzene rings is 2. The molecule has 0 bridgehead atoms. The quantitative estimate of drug-likeness (QED) is 0.245. The van der Waals surface area contributed by atoms with E-state index < -0.39 is 5.41 Å². The van der Waals surface area contributed by atoms with Gasteiger partial charge in [0, 0.05) is 35.8 Å². The molecule has 1 aliphatic rings. The number of aryl methyl sites for hydroxylation is 1. The van der Waals surface area contributed by atoms with Crippen molar-refractivity contribution in [1.82, 2.24) is 24.1 Å². The van der Waals surface area contributed by atoms with Gasteiger partial charge in [0.05, 0.1) is 41.8 Å². The van der Waals surface area contributed by atoms with Crippen molar-refractivity contribution in [3.05, 3.63) is 107 Å². The predicted molar refractivity (Wildman–Crippen MR) is 167 cm³/mol. The molecular formula is C34H32N8O. The molecule has 214 valence electrons. The first kappa shape index (κ1) is 27.8. The Hall–Kier alpha value is -5.38. The van der Waals surface area contributed by atoms with Gasteiger partial charge >= 0.3 is 0 Å². The molecule has 3 heterocycles. The van der Waals surface area contributed by atoms with Crippen molar-refractivity contribution in [2.45, 2.75) is 31.7 Å². The Labute approximate surface area is 250 Å². The second-order valence-electron chi connectivity index (χ2n) is 11.2. The number of hydrogen-bond acceptors (Lipinski definition) is 6. The number of likely N-dealkylation sites (N-methyl/N-ethyl adjacent to an activating group) is 1. The number of rotatable bonds is 8. The van der Waals surface area contributed by atoms with E-state index in [2.05, 4.69) is 43.5 Å². The highest BCUT2D eigenvalue weighted by Gasteiger charge is 2.44. The van der Waals surface area contributed by atoms with Crippen molar-refractivity contribution in [2.75, 3.05) is 31.3 Å². The lowest BCUT2D eigenvalue weighted by molar-refractivity contribution is 0.102. The third-order valence-electron chi connectivity index (χ3n) is 7.69. The summed E-state index contributed by atoms with van der Waals surface area (Å²) in [5, 5.41) is 20.4. The van der Waals surface area contributed by atoms with Crippen LogP contribution >= 0.6 is 0 Å². The highest BCUT2D eigenvalue weighted by molar-refractivity contribution is 6.04. The smallest absolute Gasteiger partial charge is 0.255 e. The van der Waals surface area contributed by atoms with E-state index in [1.165, 1.54) is 0 Å². The van der Waals surface area contributed by atoms with Crippen LogP contribution in [0, 0.1) is 30.1 Å². The molecule has 2 N–H and O–H groups in total. The molecular weight excluding hydrogens is 536 g/mol. The van der Waals surface area contributed by atoms with Crippen molar-refractivity contribution >= 4 is 28.6 Å². The van der Waals surface area contributed by atoms with E-state index in [1.54, 1.807) is 18.5 Å². The summed E-state index contributed by atoms with van der Waals surface area (Å²) in [6.07, 6.45) is 9.18. The molecule has 5 aromatic rings. The third kappa shape index (κ3) is 5.99. The summed E-state index contributed by atoms with van der Waals surface area (Å²) in [6, 6.07) is 19.4. The first-order valence-electron chi connectivity index (χ1n) is 14.2. The van der Waals surface area contributed by atoms with Gasteiger partial charge in [-0.3, -0.25) is 13.9 Å². The van der Waals surface area contributed by atoms with Gasteiger partial charge in [-0.05, 0) is 87.3 Å². The van der Waals surface area contributed by atoms with Crippen LogP contribution in [0.15, 0.2) is 79.4 Å². The normalized spacial score (nSPS) is 13.3. The maximum Gasteiger partial charge on any atom is 0.255 e. The largest absolute Gasteiger partial charge is 0.350 e. The van der Waals surface area contributed by atoms with E-state index in [1.807, 2.05) is 91.0 Å². The second kappa shape index (κ2) is 11.5. The van der Waals surface area contributed by atoms with Gasteiger partial charge in [-0.25, -0.2) is 4.98 Å². The lowest BCUT2D eigenvalue weighted by Crippen LogP contribution is -2.18. The van der Waals surface area contributed by atoms with Gasteiger partial charge in [0.2, 0.25) is 0 Å². The minimum Gasteiger partial charge on any atom is -0.350 e. The molecule has 3 aromatic heterocycles. The van der Waals surface area contributed by atoms with Gasteiger partial charge in [-0.2, -0.15) is 10.4 Å². The average Bonchev–Trinajstić information content (AvgIpc) is 3.50. The van der Waals surface area contributed by atoms with E-state index in [4.69, 9.17) is 0 Å². The fraction of sp³-hybridized carbons (Fsp3) is 0.235. The summed E-state index contributed by atoms with van der Waals surface area (Å²) in [5.74, 6) is 6.26. The number of amides is 1. The van der Waals surface area contributed by atoms with Crippen LogP contribution in [0.5, 0.6) is 0 Å². The molecule has 1 amide bonds. The number of carbonyl (C=O) groups excluding carboxylic acids is 1. The zero-order chi connectivity index (χ0) is 30.0. The van der Waals surface area contributed by atoms with Crippen molar-refractivity contribution in [3.8, 4) is 17.9 Å². The van der Waals surface area contributed by atoms with Crippen LogP contribution in [0.1, 0.15) is 45.6 Å². The summed E-state index contributed by atoms with van der Waals surface area (Å²) < 4.78 is 3.86. The van der Waals surface area contributed by atoms with Crippen LogP contribution in [-0.2, 0) is 12.0 Å². The van der Waals surface area contributed by atoms with Crippen LogP contribution < -0.4 is 10.6 Å². The number of nitrogens with one attached hydrogen (secondary N) is 2. The molecule has 0 unspecified atom stereocenters. The monoisotopic (exact) mass is 568 g/mol. The van der Waals surface area contributed by atoms with Gasteiger partial charge in [0.25, 0.3) is 5.91 Å². The molecule has 0 radical (unpaired) electrons. The highest BCUT2D eigenvalue weighted by Crippen LogP contribution is 2.47. The van der Waals surface area contributed by atoms with Crippen LogP contribution in [-0.4, -0.2) is 50.6 Å². The van der Waals surface area contributed by atoms with Crippen LogP contribution in [0.3, 0.4) is 0 Å². The Kier molecular flexibility index (Phi) is 7.41. The summed E-state index contributed by atoms with van der Waals surface area (Å²) in [4.78, 5) is 19.9. The Morgan fingerprint density at radius 2 is 1.93 bits per heavy atom. The Bertz CT molecular complexity index is 1930. The summed E-state index contributed by atoms with van der Waals surface area (Å²) in [7, 11) is 4.08. The number of hydrogen-bond donors (Lipinski definition) is 2. The highest BCUT2D eigenvalue weighted by atomic mass is 16.1. The first-order valence-corrected chi connectivity index (χ1v) is 14.2. The molecule has 2 aromatic carbocycles. The summed E-state index contributed by atoms with van der Waals surface area (Å²) >= 11 is 0. The number of carbonyl (C=O) groups is 1. The molecule has 1 aliphatic carbocycles. The van der Waals surface area contributed by atoms with Crippen LogP contribution in [0.4, 0.5) is 17.1 Å². The number of imidazole rings is 1. The third-order valence-corrected chi connectivity index (χ3v) is 7.69. The first-order chi connectivity index (χ1) is 20.8. The fourth-order valence-corrected chi connectivity index (χ4v) is 4.93. The molecule has 1 saturated carbocycles. The van der Waals surface area contributed by atoms with Crippen molar-refractivity contribution < 1.29 is 4.79 Å². The molecule has 0 saturated heterocycles. The average molecular weight is 569 g/mol. The molecule has 9 heteroatoms. The standard InChI is InChI=1S/C34H32N8O/c1-24-9-10-26(33(43)39-28-7-4-6-27(19-28)34(23-35)13-14-34)18-25(24)11-12-30-21-36-32-31(8-5-15-42(30)32)38-29-20-37-41(22-29)17-16-40(2)3/h4-10,15,18-22,38H,13-14,16-17H2,1-3H3,(H,39,43). The maximum absolute atomic E-state index is 13.1. The Morgan fingerprint density at radius 3 is 2.72 bits per heavy atom. The van der Waals surface area contributed by atoms with Gasteiger partial charge < -0.3 is 15.5 Å². The van der Waals surface area contributed by atoms with Gasteiger partial charge in [0.1, 0.15) is 5.69 Å². The number of pyridine rings is 1. The SMILES string of the molecule is Cc1ccc(C(=O)Nc2cccc(C3(C#N)CC3)c2)cc1C#Cc1cnc2c(Nc3cnn(CCN(C)C)c3)cccn12. The second-order valence-corrected chi connectivity index (χ2v) is 11.2. The molecule has 1 fully saturated rings. The number of anilines is 3. The number of nitrogens with zero attached hydrogens (tertiary/aromatic N) is 6. The van der Waals surface area contributed by atoms with Gasteiger partial charge in [-0.1, -0.05) is 24.1 Å². The van der Waals surface area contributed by atoms with Crippen LogP contribution in [0.2, 0.25) is 0 Å². The Morgan fingerprint density at radius 1 is 1.07 bits per heavy atom. The lowest BCUT2D eigenvalue weighted by atomic mass is 9.97. The Balaban J connectivity index is 1.19. The predicted octanol–water partition coefficient (Wildman–Crippen LogP) is 5.35. The lowest BCUT2D eigenvalue weighted by Gasteiger charge is -2.10. The van der Waals surface area contributed by atoms with E-state index >= 15 is 0 Å². The zero-order valence-electron chi connectivity index (χ0n) is 24.4. The number of aromatic nitrogens is 4. The van der Waals surface area contributed by atoms with E-state index in [-0.39, 0.29) is 5.91 Å². The molecule has 6 rings (SSSR count). The van der Waals surface area contributed by atoms with Crippen molar-refractivity contribution in [3.63, 3.8) is 0 Å². The zero-order valence-corrected chi connectivity index (χ0v) is 24.4. The van der Waals surface area contributed by atoms with Gasteiger partial charge in [0.15, 0.2) is 5.65 Å². The molecule has 9 nitrogen and oxygen atoms in total. The molecule has 0 spiro atoms. The topological polar surface area (TPSA) is 103 Å². The summed E-state index contributed by atoms with van der Waals surface area (Å²) in [6.45, 7) is 3.69. The number of nitriles is 1. The van der Waals surface area contributed by atoms with Crippen molar-refractivity contribution in [1.29, 1.82) is 5.26 Å². The minimum atomic E-state index is -0.406. The summed E-state index contributed by atoms with van der Waals surface area (Å²) in [5.41, 5.74) is 6.69. The fourth-order valence-electron chi connectivity index (χ4n) is 4.93. The van der Waals surface area contributed by atoms with E-state index in [0.29, 0.717) is 11.3 Å². The van der Waals surface area contributed by atoms with Crippen molar-refractivity contribution in [2.24, 2.45) is 0 Å². The molecule has 0 atom stereocenters. The molecule has 0 aliphatic heterocycles.